The first-order chi connectivity index (χ1) is 16.7. The van der Waals surface area contributed by atoms with Gasteiger partial charge in [0.15, 0.2) is 0 Å². The summed E-state index contributed by atoms with van der Waals surface area (Å²) >= 11 is 0. The summed E-state index contributed by atoms with van der Waals surface area (Å²) in [5.41, 5.74) is 6.55. The number of benzene rings is 2. The SMILES string of the molecule is C[C@@]1(O)CN(C(=O)OCc2ccccc2)C[C@H]1N.C[C@@]12CN(C(=O)OCc3ccccc3)C[C@@H]1O2. The summed E-state index contributed by atoms with van der Waals surface area (Å²) in [7, 11) is 0. The number of aliphatic hydroxyl groups is 1. The van der Waals surface area contributed by atoms with E-state index in [-0.39, 0.29) is 30.9 Å². The number of rotatable bonds is 4. The molecule has 0 bridgehead atoms. The third-order valence-electron chi connectivity index (χ3n) is 6.58. The predicted molar refractivity (Wildman–Crippen MR) is 128 cm³/mol. The summed E-state index contributed by atoms with van der Waals surface area (Å²) in [6, 6.07) is 18.7. The van der Waals surface area contributed by atoms with E-state index >= 15 is 0 Å². The zero-order chi connectivity index (χ0) is 25.1. The molecular weight excluding hydrogens is 450 g/mol. The standard InChI is InChI=1S/C13H18N2O3.C13H15NO3/c1-13(17)9-15(7-11(13)14)12(16)18-8-10-5-3-2-4-6-10;1-13-9-14(7-11(13)17-13)12(15)16-8-10-5-3-2-4-6-10/h2-6,11,17H,7-9,14H2,1H3;2-6,11H,7-9H2,1H3/t11-,13-;11-,13+/m10/s1. The van der Waals surface area contributed by atoms with Gasteiger partial charge in [-0.05, 0) is 25.0 Å². The molecule has 4 atom stereocenters. The number of amides is 2. The van der Waals surface area contributed by atoms with Crippen molar-refractivity contribution in [1.29, 1.82) is 0 Å². The largest absolute Gasteiger partial charge is 0.445 e. The van der Waals surface area contributed by atoms with Gasteiger partial charge in [0.25, 0.3) is 0 Å². The molecule has 3 aliphatic heterocycles. The third kappa shape index (κ3) is 6.30. The Morgan fingerprint density at radius 3 is 1.80 bits per heavy atom. The summed E-state index contributed by atoms with van der Waals surface area (Å²) in [5.74, 6) is 0. The molecule has 0 spiro atoms. The lowest BCUT2D eigenvalue weighted by Crippen LogP contribution is -2.44. The van der Waals surface area contributed by atoms with Crippen molar-refractivity contribution in [2.45, 2.75) is 50.4 Å². The van der Waals surface area contributed by atoms with E-state index in [4.69, 9.17) is 19.9 Å². The van der Waals surface area contributed by atoms with Crippen molar-refractivity contribution in [2.75, 3.05) is 26.2 Å². The van der Waals surface area contributed by atoms with Gasteiger partial charge in [0, 0.05) is 6.54 Å². The first-order valence-corrected chi connectivity index (χ1v) is 11.7. The van der Waals surface area contributed by atoms with Gasteiger partial charge in [-0.25, -0.2) is 9.59 Å². The molecule has 3 N–H and O–H groups in total. The van der Waals surface area contributed by atoms with Crippen LogP contribution in [-0.4, -0.2) is 76.6 Å². The second-order valence-electron chi connectivity index (χ2n) is 9.72. The quantitative estimate of drug-likeness (QED) is 0.642. The van der Waals surface area contributed by atoms with Crippen molar-refractivity contribution in [1.82, 2.24) is 9.80 Å². The molecule has 2 aromatic rings. The van der Waals surface area contributed by atoms with E-state index in [2.05, 4.69) is 0 Å². The Bertz CT molecular complexity index is 1020. The number of morpholine rings is 1. The van der Waals surface area contributed by atoms with E-state index < -0.39 is 17.7 Å². The van der Waals surface area contributed by atoms with E-state index in [1.165, 1.54) is 4.90 Å². The highest BCUT2D eigenvalue weighted by molar-refractivity contribution is 5.69. The second kappa shape index (κ2) is 10.2. The fourth-order valence-electron chi connectivity index (χ4n) is 4.21. The molecule has 188 valence electrons. The van der Waals surface area contributed by atoms with Gasteiger partial charge in [-0.3, -0.25) is 0 Å². The monoisotopic (exact) mass is 483 g/mol. The lowest BCUT2D eigenvalue weighted by atomic mass is 10.0. The molecule has 5 rings (SSSR count). The molecule has 35 heavy (non-hydrogen) atoms. The lowest BCUT2D eigenvalue weighted by Gasteiger charge is -2.20. The zero-order valence-corrected chi connectivity index (χ0v) is 20.1. The van der Waals surface area contributed by atoms with Crippen LogP contribution in [0.25, 0.3) is 0 Å². The Morgan fingerprint density at radius 1 is 0.914 bits per heavy atom. The van der Waals surface area contributed by atoms with E-state index in [0.717, 1.165) is 11.1 Å². The van der Waals surface area contributed by atoms with Crippen molar-refractivity contribution in [2.24, 2.45) is 5.73 Å². The first kappa shape index (κ1) is 25.0. The van der Waals surface area contributed by atoms with Crippen LogP contribution in [0.15, 0.2) is 60.7 Å². The van der Waals surface area contributed by atoms with Crippen LogP contribution in [0.5, 0.6) is 0 Å². The topological polar surface area (TPSA) is 118 Å². The number of carbonyl (C=O) groups excluding carboxylic acids is 2. The van der Waals surface area contributed by atoms with Crippen molar-refractivity contribution in [3.63, 3.8) is 0 Å². The molecule has 0 aromatic heterocycles. The summed E-state index contributed by atoms with van der Waals surface area (Å²) in [5, 5.41) is 9.89. The summed E-state index contributed by atoms with van der Waals surface area (Å²) in [4.78, 5) is 26.7. The normalized spacial score (nSPS) is 28.6. The summed E-state index contributed by atoms with van der Waals surface area (Å²) in [6.07, 6.45) is -0.468. The van der Waals surface area contributed by atoms with E-state index in [9.17, 15) is 14.7 Å². The fourth-order valence-corrected chi connectivity index (χ4v) is 4.21. The number of ether oxygens (including phenoxy) is 3. The average molecular weight is 484 g/mol. The number of β-amino-alcohol motifs (C(OH)–C–C–N with tert-alkyl or cyclic N) is 1. The molecule has 3 heterocycles. The van der Waals surface area contributed by atoms with Crippen molar-refractivity contribution in [3.05, 3.63) is 71.8 Å². The molecule has 2 aromatic carbocycles. The Kier molecular flexibility index (Phi) is 7.30. The molecule has 0 radical (unpaired) electrons. The van der Waals surface area contributed by atoms with Crippen LogP contribution in [0, 0.1) is 0 Å². The van der Waals surface area contributed by atoms with E-state index in [1.54, 1.807) is 11.8 Å². The minimum atomic E-state index is -1.04. The van der Waals surface area contributed by atoms with Gasteiger partial charge in [-0.2, -0.15) is 0 Å². The van der Waals surface area contributed by atoms with Crippen LogP contribution >= 0.6 is 0 Å². The number of nitrogens with zero attached hydrogens (tertiary/aromatic N) is 2. The number of carbonyl (C=O) groups is 2. The minimum Gasteiger partial charge on any atom is -0.445 e. The molecule has 3 fully saturated rings. The van der Waals surface area contributed by atoms with Crippen LogP contribution in [0.4, 0.5) is 9.59 Å². The third-order valence-corrected chi connectivity index (χ3v) is 6.58. The molecule has 0 aliphatic carbocycles. The number of epoxide rings is 1. The van der Waals surface area contributed by atoms with Gasteiger partial charge in [0.1, 0.15) is 24.9 Å². The summed E-state index contributed by atoms with van der Waals surface area (Å²) < 4.78 is 15.9. The van der Waals surface area contributed by atoms with Crippen LogP contribution in [0.2, 0.25) is 0 Å². The molecule has 3 saturated heterocycles. The highest BCUT2D eigenvalue weighted by Crippen LogP contribution is 2.42. The maximum atomic E-state index is 11.8. The number of nitrogens with two attached hydrogens (primary N) is 1. The minimum absolute atomic E-state index is 0.105. The van der Waals surface area contributed by atoms with Gasteiger partial charge in [-0.1, -0.05) is 60.7 Å². The maximum Gasteiger partial charge on any atom is 0.410 e. The zero-order valence-electron chi connectivity index (χ0n) is 20.1. The Hall–Kier alpha value is -3.14. The molecule has 0 saturated carbocycles. The van der Waals surface area contributed by atoms with Crippen molar-refractivity contribution >= 4 is 12.2 Å². The van der Waals surface area contributed by atoms with Crippen LogP contribution in [-0.2, 0) is 27.4 Å². The number of hydrogen-bond acceptors (Lipinski definition) is 7. The first-order valence-electron chi connectivity index (χ1n) is 11.7. The highest BCUT2D eigenvalue weighted by atomic mass is 16.6. The highest BCUT2D eigenvalue weighted by Gasteiger charge is 2.60. The molecular formula is C26H33N3O6. The van der Waals surface area contributed by atoms with Gasteiger partial charge in [0.2, 0.25) is 0 Å². The number of fused-ring (bicyclic) bond motifs is 1. The molecule has 3 aliphatic rings. The molecule has 0 unspecified atom stereocenters. The molecule has 2 amide bonds. The molecule has 9 nitrogen and oxygen atoms in total. The van der Waals surface area contributed by atoms with Crippen LogP contribution in [0.1, 0.15) is 25.0 Å². The Balaban J connectivity index is 0.000000165. The Labute approximate surface area is 205 Å². The number of hydrogen-bond donors (Lipinski definition) is 2. The maximum absolute atomic E-state index is 11.8. The van der Waals surface area contributed by atoms with Gasteiger partial charge in [-0.15, -0.1) is 0 Å². The predicted octanol–water partition coefficient (Wildman–Crippen LogP) is 2.51. The number of likely N-dealkylation sites (tertiary alicyclic amines) is 2. The van der Waals surface area contributed by atoms with Crippen LogP contribution in [0.3, 0.4) is 0 Å². The second-order valence-corrected chi connectivity index (χ2v) is 9.72. The Morgan fingerprint density at radius 2 is 1.40 bits per heavy atom. The van der Waals surface area contributed by atoms with Crippen molar-refractivity contribution in [3.8, 4) is 0 Å². The van der Waals surface area contributed by atoms with E-state index in [0.29, 0.717) is 26.2 Å². The molecule has 9 heteroatoms. The average Bonchev–Trinajstić information content (AvgIpc) is 3.22. The van der Waals surface area contributed by atoms with Gasteiger partial charge < -0.3 is 34.9 Å². The van der Waals surface area contributed by atoms with E-state index in [1.807, 2.05) is 67.6 Å². The summed E-state index contributed by atoms with van der Waals surface area (Å²) in [6.45, 7) is 6.05. The lowest BCUT2D eigenvalue weighted by molar-refractivity contribution is 0.0501. The fraction of sp³-hybridized carbons (Fsp3) is 0.462. The van der Waals surface area contributed by atoms with Gasteiger partial charge in [0.05, 0.1) is 31.3 Å². The van der Waals surface area contributed by atoms with Crippen LogP contribution < -0.4 is 5.73 Å². The smallest absolute Gasteiger partial charge is 0.410 e. The van der Waals surface area contributed by atoms with Crippen molar-refractivity contribution < 1.29 is 28.9 Å². The van der Waals surface area contributed by atoms with Gasteiger partial charge >= 0.3 is 12.2 Å².